The van der Waals surface area contributed by atoms with Gasteiger partial charge in [0.05, 0.1) is 30.7 Å². The van der Waals surface area contributed by atoms with Crippen molar-refractivity contribution >= 4 is 17.6 Å². The van der Waals surface area contributed by atoms with E-state index in [0.717, 1.165) is 25.7 Å². The van der Waals surface area contributed by atoms with Gasteiger partial charge in [0.2, 0.25) is 11.8 Å². The van der Waals surface area contributed by atoms with Gasteiger partial charge in [0.1, 0.15) is 5.78 Å². The fourth-order valence-electron chi connectivity index (χ4n) is 5.07. The largest absolute Gasteiger partial charge is 0.379 e. The van der Waals surface area contributed by atoms with Crippen molar-refractivity contribution < 1.29 is 23.9 Å². The van der Waals surface area contributed by atoms with Crippen LogP contribution in [0.5, 0.6) is 0 Å². The Labute approximate surface area is 201 Å². The highest BCUT2D eigenvalue weighted by atomic mass is 16.5. The van der Waals surface area contributed by atoms with Gasteiger partial charge in [0, 0.05) is 40.2 Å². The van der Waals surface area contributed by atoms with Gasteiger partial charge >= 0.3 is 0 Å². The summed E-state index contributed by atoms with van der Waals surface area (Å²) in [5.41, 5.74) is 0. The number of methoxy groups -OCH3 is 2. The van der Waals surface area contributed by atoms with Gasteiger partial charge in [-0.25, -0.2) is 0 Å². The minimum atomic E-state index is -0.401. The lowest BCUT2D eigenvalue weighted by molar-refractivity contribution is -0.149. The number of likely N-dealkylation sites (tertiary alicyclic amines) is 1. The van der Waals surface area contributed by atoms with E-state index in [0.29, 0.717) is 13.0 Å². The molecule has 0 saturated carbocycles. The molecule has 192 valence electrons. The van der Waals surface area contributed by atoms with Gasteiger partial charge in [0.25, 0.3) is 0 Å². The predicted molar refractivity (Wildman–Crippen MR) is 131 cm³/mol. The lowest BCUT2D eigenvalue weighted by Crippen LogP contribution is -2.55. The van der Waals surface area contributed by atoms with E-state index < -0.39 is 6.10 Å². The van der Waals surface area contributed by atoms with Gasteiger partial charge in [-0.2, -0.15) is 0 Å². The van der Waals surface area contributed by atoms with E-state index in [1.807, 2.05) is 32.7 Å². The highest BCUT2D eigenvalue weighted by Crippen LogP contribution is 2.29. The zero-order valence-corrected chi connectivity index (χ0v) is 22.4. The van der Waals surface area contributed by atoms with Crippen molar-refractivity contribution in [2.75, 3.05) is 27.8 Å². The van der Waals surface area contributed by atoms with Gasteiger partial charge < -0.3 is 19.3 Å². The molecule has 1 fully saturated rings. The van der Waals surface area contributed by atoms with Crippen LogP contribution in [0.3, 0.4) is 0 Å². The van der Waals surface area contributed by atoms with E-state index >= 15 is 0 Å². The third-order valence-electron chi connectivity index (χ3n) is 7.36. The first-order valence-electron chi connectivity index (χ1n) is 12.6. The van der Waals surface area contributed by atoms with Gasteiger partial charge in [-0.3, -0.25) is 14.4 Å². The number of amides is 2. The second-order valence-corrected chi connectivity index (χ2v) is 10.2. The number of hydrogen-bond donors (Lipinski definition) is 0. The van der Waals surface area contributed by atoms with E-state index in [2.05, 4.69) is 13.8 Å². The Morgan fingerprint density at radius 1 is 1.03 bits per heavy atom. The molecule has 2 amide bonds. The summed E-state index contributed by atoms with van der Waals surface area (Å²) in [6.07, 6.45) is 3.59. The highest BCUT2D eigenvalue weighted by molar-refractivity contribution is 5.80. The maximum Gasteiger partial charge on any atom is 0.225 e. The zero-order valence-electron chi connectivity index (χ0n) is 22.4. The lowest BCUT2D eigenvalue weighted by atomic mass is 9.87. The number of carbonyl (C=O) groups excluding carboxylic acids is 3. The number of piperidine rings is 1. The fraction of sp³-hybridized carbons (Fsp3) is 0.885. The van der Waals surface area contributed by atoms with E-state index in [-0.39, 0.29) is 60.0 Å². The Kier molecular flexibility index (Phi) is 12.6. The molecule has 1 heterocycles. The van der Waals surface area contributed by atoms with Crippen molar-refractivity contribution in [3.05, 3.63) is 0 Å². The summed E-state index contributed by atoms with van der Waals surface area (Å²) in [7, 11) is 5.07. The van der Waals surface area contributed by atoms with Crippen LogP contribution in [0, 0.1) is 17.8 Å². The standard InChI is InChI=1S/C26H48N2O5/c1-10-18(4)25(27(7)23(30)15-17(2)3)22(32-8)16-24(31)28-14-12-11-13-21(28)26(33-9)19(5)20(6)29/h17-19,21-22,25-26H,10-16H2,1-9H3/t18?,19-,21-,22+,25-,26+/m0/s1. The molecule has 7 heteroatoms. The molecule has 0 aliphatic carbocycles. The Hall–Kier alpha value is -1.47. The van der Waals surface area contributed by atoms with Crippen molar-refractivity contribution in [1.29, 1.82) is 0 Å². The molecule has 0 aromatic rings. The molecule has 1 unspecified atom stereocenters. The number of nitrogens with zero attached hydrogens (tertiary/aromatic N) is 2. The Bertz CT molecular complexity index is 638. The average Bonchev–Trinajstić information content (AvgIpc) is 2.78. The molecule has 0 aromatic carbocycles. The summed E-state index contributed by atoms with van der Waals surface area (Å²) in [5, 5.41) is 0. The molecule has 1 aliphatic heterocycles. The van der Waals surface area contributed by atoms with Gasteiger partial charge in [-0.15, -0.1) is 0 Å². The minimum Gasteiger partial charge on any atom is -0.379 e. The summed E-state index contributed by atoms with van der Waals surface area (Å²) < 4.78 is 11.6. The molecule has 33 heavy (non-hydrogen) atoms. The summed E-state index contributed by atoms with van der Waals surface area (Å²) >= 11 is 0. The molecule has 6 atom stereocenters. The summed E-state index contributed by atoms with van der Waals surface area (Å²) in [5.74, 6) is 0.322. The third-order valence-corrected chi connectivity index (χ3v) is 7.36. The number of likely N-dealkylation sites (N-methyl/N-ethyl adjacent to an activating group) is 1. The highest BCUT2D eigenvalue weighted by Gasteiger charge is 2.40. The van der Waals surface area contributed by atoms with E-state index in [9.17, 15) is 14.4 Å². The first-order chi connectivity index (χ1) is 15.5. The number of rotatable bonds is 13. The van der Waals surface area contributed by atoms with Crippen LogP contribution in [0.1, 0.15) is 80.1 Å². The van der Waals surface area contributed by atoms with Gasteiger partial charge in [0.15, 0.2) is 0 Å². The smallest absolute Gasteiger partial charge is 0.225 e. The number of Topliss-reactive ketones (excluding diaryl/α,β-unsaturated/α-hetero) is 1. The maximum absolute atomic E-state index is 13.6. The number of carbonyl (C=O) groups is 3. The third kappa shape index (κ3) is 8.06. The van der Waals surface area contributed by atoms with Crippen molar-refractivity contribution in [3.63, 3.8) is 0 Å². The zero-order chi connectivity index (χ0) is 25.3. The lowest BCUT2D eigenvalue weighted by Gasteiger charge is -2.43. The van der Waals surface area contributed by atoms with Crippen molar-refractivity contribution in [3.8, 4) is 0 Å². The van der Waals surface area contributed by atoms with Gasteiger partial charge in [-0.05, 0) is 38.0 Å². The number of ether oxygens (including phenoxy) is 2. The van der Waals surface area contributed by atoms with Crippen molar-refractivity contribution in [1.82, 2.24) is 9.80 Å². The van der Waals surface area contributed by atoms with Gasteiger partial charge in [-0.1, -0.05) is 41.0 Å². The molecule has 1 rings (SSSR count). The van der Waals surface area contributed by atoms with E-state index in [1.54, 1.807) is 26.0 Å². The number of ketones is 1. The average molecular weight is 469 g/mol. The molecular weight excluding hydrogens is 420 g/mol. The Balaban J connectivity index is 3.12. The first-order valence-corrected chi connectivity index (χ1v) is 12.6. The predicted octanol–water partition coefficient (Wildman–Crippen LogP) is 3.93. The quantitative estimate of drug-likeness (QED) is 0.409. The topological polar surface area (TPSA) is 76.2 Å². The SMILES string of the molecule is CCC(C)[C@@H]([C@@H](CC(=O)N1CCCC[C@H]1[C@H](OC)[C@@H](C)C(C)=O)OC)N(C)C(=O)CC(C)C. The Morgan fingerprint density at radius 3 is 2.15 bits per heavy atom. The van der Waals surface area contributed by atoms with Crippen LogP contribution in [0.4, 0.5) is 0 Å². The molecule has 0 aromatic heterocycles. The van der Waals surface area contributed by atoms with Crippen LogP contribution in [0.25, 0.3) is 0 Å². The van der Waals surface area contributed by atoms with Crippen molar-refractivity contribution in [2.24, 2.45) is 17.8 Å². The summed E-state index contributed by atoms with van der Waals surface area (Å²) in [6, 6.07) is -0.317. The molecule has 1 saturated heterocycles. The second kappa shape index (κ2) is 14.1. The molecular formula is C26H48N2O5. The van der Waals surface area contributed by atoms with Crippen molar-refractivity contribution in [2.45, 2.75) is 104 Å². The molecule has 0 radical (unpaired) electrons. The first kappa shape index (κ1) is 29.6. The maximum atomic E-state index is 13.6. The van der Waals surface area contributed by atoms with Crippen LogP contribution in [0.15, 0.2) is 0 Å². The molecule has 7 nitrogen and oxygen atoms in total. The molecule has 0 bridgehead atoms. The monoisotopic (exact) mass is 468 g/mol. The van der Waals surface area contributed by atoms with E-state index in [1.165, 1.54) is 0 Å². The summed E-state index contributed by atoms with van der Waals surface area (Å²) in [6.45, 7) is 12.4. The van der Waals surface area contributed by atoms with Crippen LogP contribution in [-0.2, 0) is 23.9 Å². The molecule has 0 spiro atoms. The van der Waals surface area contributed by atoms with Crippen LogP contribution in [-0.4, -0.2) is 79.5 Å². The minimum absolute atomic E-state index is 0.00219. The van der Waals surface area contributed by atoms with E-state index in [4.69, 9.17) is 9.47 Å². The van der Waals surface area contributed by atoms with Crippen LogP contribution < -0.4 is 0 Å². The van der Waals surface area contributed by atoms with Crippen LogP contribution in [0.2, 0.25) is 0 Å². The normalized spacial score (nSPS) is 21.3. The molecule has 1 aliphatic rings. The second-order valence-electron chi connectivity index (χ2n) is 10.2. The molecule has 0 N–H and O–H groups in total. The fourth-order valence-corrected chi connectivity index (χ4v) is 5.07. The van der Waals surface area contributed by atoms with Crippen LogP contribution >= 0.6 is 0 Å². The Morgan fingerprint density at radius 2 is 1.67 bits per heavy atom. The summed E-state index contributed by atoms with van der Waals surface area (Å²) in [4.78, 5) is 42.2. The number of hydrogen-bond acceptors (Lipinski definition) is 5.